The number of anilines is 1. The highest BCUT2D eigenvalue weighted by molar-refractivity contribution is 7.98. The normalized spacial score (nSPS) is 9.75. The number of aromatic nitrogens is 1. The van der Waals surface area contributed by atoms with E-state index in [1.165, 1.54) is 30.0 Å². The zero-order valence-corrected chi connectivity index (χ0v) is 11.1. The van der Waals surface area contributed by atoms with Crippen LogP contribution >= 0.6 is 11.8 Å². The zero-order valence-electron chi connectivity index (χ0n) is 10.3. The van der Waals surface area contributed by atoms with Crippen LogP contribution in [0.3, 0.4) is 0 Å². The molecule has 20 heavy (non-hydrogen) atoms. The van der Waals surface area contributed by atoms with Crippen LogP contribution < -0.4 is 5.73 Å². The topological polar surface area (TPSA) is 86.5 Å². The summed E-state index contributed by atoms with van der Waals surface area (Å²) in [6, 6.07) is 11.4. The highest BCUT2D eigenvalue weighted by atomic mass is 32.2. The summed E-state index contributed by atoms with van der Waals surface area (Å²) in [4.78, 5) is 4.07. The number of nitrogens with two attached hydrogens (primary N) is 1. The Kier molecular flexibility index (Phi) is 4.19. The van der Waals surface area contributed by atoms with Gasteiger partial charge >= 0.3 is 0 Å². The Hall–Kier alpha value is -2.57. The van der Waals surface area contributed by atoms with Crippen molar-refractivity contribution in [3.05, 3.63) is 52.8 Å². The van der Waals surface area contributed by atoms with Gasteiger partial charge in [0, 0.05) is 5.75 Å². The third-order valence-corrected chi connectivity index (χ3v) is 3.61. The Morgan fingerprint density at radius 3 is 2.40 bits per heavy atom. The molecule has 0 atom stereocenters. The maximum atomic E-state index is 12.8. The quantitative estimate of drug-likeness (QED) is 0.876. The Morgan fingerprint density at radius 1 is 1.15 bits per heavy atom. The minimum absolute atomic E-state index is 0.105. The number of benzene rings is 1. The maximum Gasteiger partial charge on any atom is 0.142 e. The van der Waals surface area contributed by atoms with Crippen molar-refractivity contribution in [1.82, 2.24) is 4.98 Å². The third kappa shape index (κ3) is 3.05. The fourth-order valence-corrected chi connectivity index (χ4v) is 2.44. The Balaban J connectivity index is 2.21. The van der Waals surface area contributed by atoms with Crippen LogP contribution in [-0.2, 0) is 5.75 Å². The van der Waals surface area contributed by atoms with Gasteiger partial charge in [0.05, 0.1) is 11.1 Å². The van der Waals surface area contributed by atoms with Crippen molar-refractivity contribution >= 4 is 17.6 Å². The molecule has 0 aliphatic rings. The second-order valence-corrected chi connectivity index (χ2v) is 4.88. The van der Waals surface area contributed by atoms with E-state index in [0.717, 1.165) is 5.56 Å². The lowest BCUT2D eigenvalue weighted by atomic mass is 10.2. The highest BCUT2D eigenvalue weighted by Gasteiger charge is 2.10. The molecule has 0 unspecified atom stereocenters. The SMILES string of the molecule is N#Cc1cc(C#N)c(SCc2ccc(F)cc2)nc1N. The van der Waals surface area contributed by atoms with Gasteiger partial charge in [0.1, 0.15) is 28.8 Å². The number of hydrogen-bond acceptors (Lipinski definition) is 5. The van der Waals surface area contributed by atoms with E-state index in [9.17, 15) is 4.39 Å². The number of nitrogen functional groups attached to an aromatic ring is 1. The van der Waals surface area contributed by atoms with Crippen molar-refractivity contribution in [3.8, 4) is 12.1 Å². The van der Waals surface area contributed by atoms with E-state index in [-0.39, 0.29) is 17.2 Å². The van der Waals surface area contributed by atoms with Gasteiger partial charge in [0.15, 0.2) is 0 Å². The summed E-state index contributed by atoms with van der Waals surface area (Å²) in [5, 5.41) is 18.4. The molecule has 1 heterocycles. The number of thioether (sulfide) groups is 1. The van der Waals surface area contributed by atoms with Crippen LogP contribution in [0.4, 0.5) is 10.2 Å². The molecule has 0 saturated heterocycles. The molecule has 0 radical (unpaired) electrons. The molecule has 2 rings (SSSR count). The molecular formula is C14H9FN4S. The van der Waals surface area contributed by atoms with Crippen LogP contribution in [0, 0.1) is 28.5 Å². The Bertz CT molecular complexity index is 714. The third-order valence-electron chi connectivity index (χ3n) is 2.55. The fraction of sp³-hybridized carbons (Fsp3) is 0.0714. The minimum atomic E-state index is -0.294. The molecule has 0 fully saturated rings. The van der Waals surface area contributed by atoms with E-state index < -0.39 is 0 Å². The molecule has 0 amide bonds. The molecule has 1 aromatic carbocycles. The monoisotopic (exact) mass is 284 g/mol. The van der Waals surface area contributed by atoms with Crippen LogP contribution in [-0.4, -0.2) is 4.98 Å². The molecule has 0 bridgehead atoms. The number of halogens is 1. The lowest BCUT2D eigenvalue weighted by Gasteiger charge is -2.05. The minimum Gasteiger partial charge on any atom is -0.383 e. The molecule has 6 heteroatoms. The molecule has 2 N–H and O–H groups in total. The first-order valence-corrected chi connectivity index (χ1v) is 6.60. The van der Waals surface area contributed by atoms with E-state index in [1.54, 1.807) is 12.1 Å². The molecule has 1 aromatic heterocycles. The van der Waals surface area contributed by atoms with Crippen LogP contribution in [0.1, 0.15) is 16.7 Å². The molecule has 4 nitrogen and oxygen atoms in total. The highest BCUT2D eigenvalue weighted by Crippen LogP contribution is 2.26. The largest absolute Gasteiger partial charge is 0.383 e. The number of nitriles is 2. The Labute approximate surface area is 119 Å². The molecule has 0 aliphatic heterocycles. The smallest absolute Gasteiger partial charge is 0.142 e. The number of pyridine rings is 1. The molecule has 0 saturated carbocycles. The lowest BCUT2D eigenvalue weighted by Crippen LogP contribution is -1.99. The fourth-order valence-electron chi connectivity index (χ4n) is 1.52. The number of rotatable bonds is 3. The van der Waals surface area contributed by atoms with Crippen LogP contribution in [0.5, 0.6) is 0 Å². The molecule has 98 valence electrons. The summed E-state index contributed by atoms with van der Waals surface area (Å²) in [5.74, 6) is 0.345. The molecule has 0 aliphatic carbocycles. The lowest BCUT2D eigenvalue weighted by molar-refractivity contribution is 0.627. The van der Waals surface area contributed by atoms with Crippen LogP contribution in [0.2, 0.25) is 0 Å². The second kappa shape index (κ2) is 6.05. The van der Waals surface area contributed by atoms with Gasteiger partial charge in [-0.05, 0) is 23.8 Å². The van der Waals surface area contributed by atoms with Gasteiger partial charge < -0.3 is 5.73 Å². The summed E-state index contributed by atoms with van der Waals surface area (Å²) in [5.41, 5.74) is 7.04. The summed E-state index contributed by atoms with van der Waals surface area (Å²) in [6.45, 7) is 0. The van der Waals surface area contributed by atoms with Gasteiger partial charge in [-0.3, -0.25) is 0 Å². The first-order chi connectivity index (χ1) is 9.63. The average molecular weight is 284 g/mol. The first kappa shape index (κ1) is 13.9. The van der Waals surface area contributed by atoms with Gasteiger partial charge in [-0.15, -0.1) is 11.8 Å². The van der Waals surface area contributed by atoms with Gasteiger partial charge in [0.2, 0.25) is 0 Å². The van der Waals surface area contributed by atoms with Gasteiger partial charge in [0.25, 0.3) is 0 Å². The van der Waals surface area contributed by atoms with Crippen molar-refractivity contribution < 1.29 is 4.39 Å². The standard InChI is InChI=1S/C14H9FN4S/c15-12-3-1-9(2-4-12)8-20-14-11(7-17)5-10(6-16)13(18)19-14/h1-5H,8H2,(H2,18,19). The summed E-state index contributed by atoms with van der Waals surface area (Å²) in [7, 11) is 0. The average Bonchev–Trinajstić information content (AvgIpc) is 2.46. The van der Waals surface area contributed by atoms with Gasteiger partial charge in [-0.25, -0.2) is 9.37 Å². The van der Waals surface area contributed by atoms with Crippen molar-refractivity contribution in [2.24, 2.45) is 0 Å². The number of hydrogen-bond donors (Lipinski definition) is 1. The van der Waals surface area contributed by atoms with E-state index in [1.807, 2.05) is 12.1 Å². The first-order valence-electron chi connectivity index (χ1n) is 5.62. The summed E-state index contributed by atoms with van der Waals surface area (Å²) >= 11 is 1.32. The summed E-state index contributed by atoms with van der Waals surface area (Å²) in [6.07, 6.45) is 0. The summed E-state index contributed by atoms with van der Waals surface area (Å²) < 4.78 is 12.8. The van der Waals surface area contributed by atoms with E-state index in [2.05, 4.69) is 4.98 Å². The van der Waals surface area contributed by atoms with Crippen molar-refractivity contribution in [2.75, 3.05) is 5.73 Å². The predicted molar refractivity (Wildman–Crippen MR) is 74.0 cm³/mol. The second-order valence-electron chi connectivity index (χ2n) is 3.91. The van der Waals surface area contributed by atoms with Crippen molar-refractivity contribution in [3.63, 3.8) is 0 Å². The van der Waals surface area contributed by atoms with Crippen molar-refractivity contribution in [2.45, 2.75) is 10.8 Å². The van der Waals surface area contributed by atoms with Gasteiger partial charge in [-0.2, -0.15) is 10.5 Å². The van der Waals surface area contributed by atoms with E-state index in [4.69, 9.17) is 16.3 Å². The Morgan fingerprint density at radius 2 is 1.80 bits per heavy atom. The van der Waals surface area contributed by atoms with Crippen LogP contribution in [0.25, 0.3) is 0 Å². The zero-order chi connectivity index (χ0) is 14.5. The molecular weight excluding hydrogens is 275 g/mol. The van der Waals surface area contributed by atoms with Gasteiger partial charge in [-0.1, -0.05) is 12.1 Å². The molecule has 0 spiro atoms. The molecule has 2 aromatic rings. The van der Waals surface area contributed by atoms with Crippen molar-refractivity contribution in [1.29, 1.82) is 10.5 Å². The maximum absolute atomic E-state index is 12.8. The number of nitrogens with zero attached hydrogens (tertiary/aromatic N) is 3. The van der Waals surface area contributed by atoms with Crippen LogP contribution in [0.15, 0.2) is 35.4 Å². The van der Waals surface area contributed by atoms with E-state index in [0.29, 0.717) is 16.3 Å². The van der Waals surface area contributed by atoms with E-state index >= 15 is 0 Å². The predicted octanol–water partition coefficient (Wildman–Crippen LogP) is 2.84.